The molecule has 2 N–H and O–H groups in total. The van der Waals surface area contributed by atoms with Gasteiger partial charge in [-0.1, -0.05) is 12.8 Å². The SMILES string of the molecule is O=C1O[C@H](CCN2CCN(c3ccc4[nH]c(=O)[nH]c4c3)CC2)CC12CCCC2. The molecule has 7 heteroatoms. The summed E-state index contributed by atoms with van der Waals surface area (Å²) in [5.74, 6) is 0.0676. The van der Waals surface area contributed by atoms with Gasteiger partial charge in [0, 0.05) is 44.8 Å². The molecule has 0 unspecified atom stereocenters. The van der Waals surface area contributed by atoms with Crippen molar-refractivity contribution in [2.75, 3.05) is 37.6 Å². The number of anilines is 1. The first-order chi connectivity index (χ1) is 13.6. The number of ether oxygens (including phenoxy) is 1. The van der Waals surface area contributed by atoms with Crippen molar-refractivity contribution in [2.24, 2.45) is 5.41 Å². The van der Waals surface area contributed by atoms with Crippen LogP contribution in [0.1, 0.15) is 38.5 Å². The van der Waals surface area contributed by atoms with Crippen molar-refractivity contribution in [3.05, 3.63) is 28.7 Å². The van der Waals surface area contributed by atoms with Crippen LogP contribution in [0.3, 0.4) is 0 Å². The molecule has 1 aromatic heterocycles. The van der Waals surface area contributed by atoms with E-state index in [1.54, 1.807) is 0 Å². The predicted octanol–water partition coefficient (Wildman–Crippen LogP) is 2.24. The van der Waals surface area contributed by atoms with E-state index in [0.717, 1.165) is 75.1 Å². The lowest BCUT2D eigenvalue weighted by molar-refractivity contribution is -0.148. The number of aromatic nitrogens is 2. The number of fused-ring (bicyclic) bond motifs is 1. The van der Waals surface area contributed by atoms with E-state index in [-0.39, 0.29) is 23.2 Å². The number of carbonyl (C=O) groups excluding carboxylic acids is 1. The number of nitrogens with one attached hydrogen (secondary N) is 2. The Bertz CT molecular complexity index is 919. The lowest BCUT2D eigenvalue weighted by Gasteiger charge is -2.36. The van der Waals surface area contributed by atoms with Gasteiger partial charge in [-0.15, -0.1) is 0 Å². The number of piperazine rings is 1. The minimum atomic E-state index is -0.163. The van der Waals surface area contributed by atoms with Gasteiger partial charge in [-0.25, -0.2) is 4.79 Å². The fourth-order valence-corrected chi connectivity index (χ4v) is 5.23. The average molecular weight is 384 g/mol. The molecule has 28 heavy (non-hydrogen) atoms. The van der Waals surface area contributed by atoms with Crippen LogP contribution in [0.4, 0.5) is 5.69 Å². The molecule has 150 valence electrons. The van der Waals surface area contributed by atoms with E-state index in [2.05, 4.69) is 25.8 Å². The molecule has 1 aliphatic carbocycles. The van der Waals surface area contributed by atoms with E-state index < -0.39 is 0 Å². The summed E-state index contributed by atoms with van der Waals surface area (Å²) in [5, 5.41) is 0. The number of esters is 1. The number of nitrogens with zero attached hydrogens (tertiary/aromatic N) is 2. The summed E-state index contributed by atoms with van der Waals surface area (Å²) in [6.45, 7) is 4.94. The molecule has 1 saturated carbocycles. The maximum Gasteiger partial charge on any atom is 0.323 e. The van der Waals surface area contributed by atoms with Gasteiger partial charge in [0.2, 0.25) is 0 Å². The average Bonchev–Trinajstić information content (AvgIpc) is 3.39. The smallest absolute Gasteiger partial charge is 0.323 e. The first kappa shape index (κ1) is 17.8. The Kier molecular flexibility index (Phi) is 4.42. The van der Waals surface area contributed by atoms with Crippen LogP contribution >= 0.6 is 0 Å². The zero-order valence-corrected chi connectivity index (χ0v) is 16.2. The summed E-state index contributed by atoms with van der Waals surface area (Å²) < 4.78 is 5.72. The predicted molar refractivity (Wildman–Crippen MR) is 108 cm³/mol. The number of hydrogen-bond donors (Lipinski definition) is 2. The molecule has 0 amide bonds. The highest BCUT2D eigenvalue weighted by atomic mass is 16.6. The van der Waals surface area contributed by atoms with Gasteiger partial charge < -0.3 is 19.6 Å². The van der Waals surface area contributed by atoms with Gasteiger partial charge in [0.25, 0.3) is 0 Å². The number of hydrogen-bond acceptors (Lipinski definition) is 5. The van der Waals surface area contributed by atoms with E-state index in [9.17, 15) is 9.59 Å². The van der Waals surface area contributed by atoms with Crippen LogP contribution in [-0.2, 0) is 9.53 Å². The van der Waals surface area contributed by atoms with Gasteiger partial charge >= 0.3 is 11.7 Å². The van der Waals surface area contributed by atoms with Crippen LogP contribution in [0.25, 0.3) is 11.0 Å². The van der Waals surface area contributed by atoms with Crippen LogP contribution in [0.15, 0.2) is 23.0 Å². The maximum atomic E-state index is 12.3. The molecule has 1 spiro atoms. The normalized spacial score (nSPS) is 25.1. The molecule has 2 aliphatic heterocycles. The van der Waals surface area contributed by atoms with E-state index >= 15 is 0 Å². The van der Waals surface area contributed by atoms with Crippen molar-refractivity contribution < 1.29 is 9.53 Å². The third-order valence-corrected chi connectivity index (χ3v) is 6.89. The number of rotatable bonds is 4. The highest BCUT2D eigenvalue weighted by Crippen LogP contribution is 2.48. The van der Waals surface area contributed by atoms with Crippen LogP contribution in [0, 0.1) is 5.41 Å². The Morgan fingerprint density at radius 2 is 1.79 bits per heavy atom. The highest BCUT2D eigenvalue weighted by molar-refractivity contribution is 5.79. The van der Waals surface area contributed by atoms with E-state index in [1.165, 1.54) is 12.8 Å². The van der Waals surface area contributed by atoms with Crippen molar-refractivity contribution in [1.29, 1.82) is 0 Å². The Hall–Kier alpha value is -2.28. The molecule has 2 aromatic rings. The minimum absolute atomic E-state index is 0.0676. The molecule has 2 saturated heterocycles. The molecule has 0 radical (unpaired) electrons. The van der Waals surface area contributed by atoms with Crippen molar-refractivity contribution in [3.8, 4) is 0 Å². The molecule has 3 aliphatic rings. The molecular weight excluding hydrogens is 356 g/mol. The van der Waals surface area contributed by atoms with Crippen molar-refractivity contribution in [3.63, 3.8) is 0 Å². The van der Waals surface area contributed by atoms with Crippen LogP contribution in [-0.4, -0.2) is 59.7 Å². The lowest BCUT2D eigenvalue weighted by atomic mass is 9.83. The molecule has 3 heterocycles. The quantitative estimate of drug-likeness (QED) is 0.790. The zero-order valence-electron chi connectivity index (χ0n) is 16.2. The van der Waals surface area contributed by atoms with E-state index in [1.807, 2.05) is 12.1 Å². The van der Waals surface area contributed by atoms with Crippen LogP contribution in [0.5, 0.6) is 0 Å². The van der Waals surface area contributed by atoms with Gasteiger partial charge in [0.15, 0.2) is 0 Å². The second kappa shape index (κ2) is 6.95. The zero-order chi connectivity index (χ0) is 19.1. The molecule has 7 nitrogen and oxygen atoms in total. The third-order valence-electron chi connectivity index (χ3n) is 6.89. The monoisotopic (exact) mass is 384 g/mol. The third kappa shape index (κ3) is 3.21. The highest BCUT2D eigenvalue weighted by Gasteiger charge is 2.50. The summed E-state index contributed by atoms with van der Waals surface area (Å²) in [5.41, 5.74) is 2.55. The lowest BCUT2D eigenvalue weighted by Crippen LogP contribution is -2.47. The van der Waals surface area contributed by atoms with Gasteiger partial charge in [-0.05, 0) is 37.5 Å². The summed E-state index contributed by atoms with van der Waals surface area (Å²) in [6, 6.07) is 6.07. The molecule has 3 fully saturated rings. The molecule has 5 rings (SSSR count). The van der Waals surface area contributed by atoms with Gasteiger partial charge in [0.05, 0.1) is 16.4 Å². The van der Waals surface area contributed by atoms with Gasteiger partial charge in [-0.3, -0.25) is 9.69 Å². The van der Waals surface area contributed by atoms with E-state index in [0.29, 0.717) is 0 Å². The molecule has 1 atom stereocenters. The topological polar surface area (TPSA) is 81.4 Å². The second-order valence-electron chi connectivity index (χ2n) is 8.65. The number of imidazole rings is 1. The Labute approximate surface area is 164 Å². The maximum absolute atomic E-state index is 12.3. The van der Waals surface area contributed by atoms with Gasteiger partial charge in [0.1, 0.15) is 6.10 Å². The Morgan fingerprint density at radius 1 is 1.04 bits per heavy atom. The van der Waals surface area contributed by atoms with Crippen molar-refractivity contribution >= 4 is 22.7 Å². The Morgan fingerprint density at radius 3 is 2.57 bits per heavy atom. The number of benzene rings is 1. The van der Waals surface area contributed by atoms with Crippen molar-refractivity contribution in [1.82, 2.24) is 14.9 Å². The van der Waals surface area contributed by atoms with Crippen LogP contribution in [0.2, 0.25) is 0 Å². The fourth-order valence-electron chi connectivity index (χ4n) is 5.23. The van der Waals surface area contributed by atoms with E-state index in [4.69, 9.17) is 4.74 Å². The summed E-state index contributed by atoms with van der Waals surface area (Å²) in [4.78, 5) is 34.2. The molecule has 0 bridgehead atoms. The molecule has 1 aromatic carbocycles. The standard InChI is InChI=1S/C21H28N4O3/c26-19-21(6-1-2-7-21)14-16(28-19)5-8-24-9-11-25(12-10-24)15-3-4-17-18(13-15)23-20(27)22-17/h3-4,13,16H,1-2,5-12,14H2,(H2,22,23,27)/t16-/m1/s1. The first-order valence-electron chi connectivity index (χ1n) is 10.5. The number of carbonyl (C=O) groups is 1. The number of cyclic esters (lactones) is 1. The fraction of sp³-hybridized carbons (Fsp3) is 0.619. The molecular formula is C21H28N4O3. The minimum Gasteiger partial charge on any atom is -0.462 e. The second-order valence-corrected chi connectivity index (χ2v) is 8.65. The Balaban J connectivity index is 1.13. The summed E-state index contributed by atoms with van der Waals surface area (Å²) >= 11 is 0. The first-order valence-corrected chi connectivity index (χ1v) is 10.5. The number of H-pyrrole nitrogens is 2. The van der Waals surface area contributed by atoms with Gasteiger partial charge in [-0.2, -0.15) is 0 Å². The van der Waals surface area contributed by atoms with Crippen molar-refractivity contribution in [2.45, 2.75) is 44.6 Å². The largest absolute Gasteiger partial charge is 0.462 e. The summed E-state index contributed by atoms with van der Waals surface area (Å²) in [6.07, 6.45) is 6.38. The summed E-state index contributed by atoms with van der Waals surface area (Å²) in [7, 11) is 0. The van der Waals surface area contributed by atoms with Crippen LogP contribution < -0.4 is 10.6 Å². The number of aromatic amines is 2.